The monoisotopic (exact) mass is 350 g/mol. The minimum absolute atomic E-state index is 0.129. The molecule has 0 bridgehead atoms. The van der Waals surface area contributed by atoms with Crippen LogP contribution in [0.2, 0.25) is 0 Å². The molecule has 0 spiro atoms. The van der Waals surface area contributed by atoms with Gasteiger partial charge in [-0.05, 0) is 48.4 Å². The minimum atomic E-state index is -0.770. The van der Waals surface area contributed by atoms with E-state index in [0.29, 0.717) is 22.7 Å². The van der Waals surface area contributed by atoms with Crippen molar-refractivity contribution in [2.45, 2.75) is 6.92 Å². The van der Waals surface area contributed by atoms with E-state index in [1.807, 2.05) is 13.0 Å². The molecule has 0 atom stereocenters. The van der Waals surface area contributed by atoms with E-state index in [9.17, 15) is 14.4 Å². The molecule has 1 saturated heterocycles. The number of hydrogen-bond acceptors (Lipinski definition) is 5. The molecule has 26 heavy (non-hydrogen) atoms. The fraction of sp³-hybridized carbons (Fsp3) is 0.105. The first kappa shape index (κ1) is 15.9. The lowest BCUT2D eigenvalue weighted by atomic mass is 10.1. The summed E-state index contributed by atoms with van der Waals surface area (Å²) < 4.78 is 10.5. The van der Waals surface area contributed by atoms with Crippen LogP contribution in [0.25, 0.3) is 6.08 Å². The minimum Gasteiger partial charge on any atom is -0.454 e. The SMILES string of the molecule is Cc1cccc(N2C(=O)NC(=O)/C(=C\c3ccc4c(c3)OCO4)C2=O)c1. The Morgan fingerprint density at radius 2 is 1.85 bits per heavy atom. The van der Waals surface area contributed by atoms with E-state index in [0.717, 1.165) is 10.5 Å². The van der Waals surface area contributed by atoms with Crippen molar-refractivity contribution in [1.82, 2.24) is 5.32 Å². The molecule has 4 rings (SSSR count). The number of nitrogens with one attached hydrogen (secondary N) is 1. The number of imide groups is 2. The molecule has 2 aliphatic rings. The number of carbonyl (C=O) groups excluding carboxylic acids is 3. The normalized spacial score (nSPS) is 17.7. The Hall–Kier alpha value is -3.61. The van der Waals surface area contributed by atoms with Crippen LogP contribution in [-0.2, 0) is 9.59 Å². The molecular weight excluding hydrogens is 336 g/mol. The summed E-state index contributed by atoms with van der Waals surface area (Å²) in [4.78, 5) is 38.1. The van der Waals surface area contributed by atoms with Crippen molar-refractivity contribution in [2.75, 3.05) is 11.7 Å². The number of barbiturate groups is 1. The van der Waals surface area contributed by atoms with Gasteiger partial charge in [0, 0.05) is 0 Å². The maximum atomic E-state index is 12.8. The largest absolute Gasteiger partial charge is 0.454 e. The Labute approximate surface area is 148 Å². The third-order valence-electron chi connectivity index (χ3n) is 4.07. The first-order valence-electron chi connectivity index (χ1n) is 7.91. The number of carbonyl (C=O) groups is 3. The molecule has 2 aliphatic heterocycles. The van der Waals surface area contributed by atoms with Crippen LogP contribution in [0.3, 0.4) is 0 Å². The molecule has 7 heteroatoms. The Balaban J connectivity index is 1.72. The van der Waals surface area contributed by atoms with Crippen molar-refractivity contribution in [3.63, 3.8) is 0 Å². The summed E-state index contributed by atoms with van der Waals surface area (Å²) in [5, 5.41) is 2.20. The average molecular weight is 350 g/mol. The highest BCUT2D eigenvalue weighted by Crippen LogP contribution is 2.33. The van der Waals surface area contributed by atoms with E-state index < -0.39 is 17.8 Å². The number of rotatable bonds is 2. The molecule has 7 nitrogen and oxygen atoms in total. The van der Waals surface area contributed by atoms with E-state index in [4.69, 9.17) is 9.47 Å². The van der Waals surface area contributed by atoms with Gasteiger partial charge in [-0.3, -0.25) is 14.9 Å². The number of ether oxygens (including phenoxy) is 2. The standard InChI is InChI=1S/C19H14N2O5/c1-11-3-2-4-13(7-11)21-18(23)14(17(22)20-19(21)24)8-12-5-6-15-16(9-12)26-10-25-15/h2-9H,10H2,1H3,(H,20,22,24)/b14-8+. The van der Waals surface area contributed by atoms with Gasteiger partial charge in [0.15, 0.2) is 11.5 Å². The molecule has 0 radical (unpaired) electrons. The van der Waals surface area contributed by atoms with Crippen LogP contribution in [0, 0.1) is 6.92 Å². The predicted molar refractivity (Wildman–Crippen MR) is 92.7 cm³/mol. The van der Waals surface area contributed by atoms with Crippen molar-refractivity contribution < 1.29 is 23.9 Å². The molecule has 1 fully saturated rings. The van der Waals surface area contributed by atoms with Gasteiger partial charge in [-0.25, -0.2) is 9.69 Å². The summed E-state index contributed by atoms with van der Waals surface area (Å²) in [7, 11) is 0. The van der Waals surface area contributed by atoms with Gasteiger partial charge in [-0.1, -0.05) is 18.2 Å². The summed E-state index contributed by atoms with van der Waals surface area (Å²) >= 11 is 0. The Bertz CT molecular complexity index is 980. The average Bonchev–Trinajstić information content (AvgIpc) is 3.06. The zero-order valence-corrected chi connectivity index (χ0v) is 13.8. The van der Waals surface area contributed by atoms with E-state index in [-0.39, 0.29) is 12.4 Å². The molecule has 2 heterocycles. The van der Waals surface area contributed by atoms with Gasteiger partial charge in [-0.2, -0.15) is 0 Å². The zero-order valence-electron chi connectivity index (χ0n) is 13.8. The molecule has 2 aromatic rings. The van der Waals surface area contributed by atoms with Gasteiger partial charge in [0.05, 0.1) is 5.69 Å². The van der Waals surface area contributed by atoms with E-state index >= 15 is 0 Å². The fourth-order valence-electron chi connectivity index (χ4n) is 2.83. The molecule has 2 aromatic carbocycles. The molecule has 0 aliphatic carbocycles. The third-order valence-corrected chi connectivity index (χ3v) is 4.07. The number of amides is 4. The number of anilines is 1. The first-order valence-corrected chi connectivity index (χ1v) is 7.91. The molecule has 0 saturated carbocycles. The number of urea groups is 1. The first-order chi connectivity index (χ1) is 12.5. The second kappa shape index (κ2) is 6.03. The molecule has 4 amide bonds. The van der Waals surface area contributed by atoms with Crippen molar-refractivity contribution >= 4 is 29.6 Å². The lowest BCUT2D eigenvalue weighted by Crippen LogP contribution is -2.54. The van der Waals surface area contributed by atoms with Gasteiger partial charge in [0.25, 0.3) is 11.8 Å². The second-order valence-corrected chi connectivity index (χ2v) is 5.91. The van der Waals surface area contributed by atoms with Crippen LogP contribution in [0.5, 0.6) is 11.5 Å². The summed E-state index contributed by atoms with van der Waals surface area (Å²) in [6, 6.07) is 11.2. The van der Waals surface area contributed by atoms with Crippen LogP contribution in [0.15, 0.2) is 48.0 Å². The molecule has 130 valence electrons. The highest BCUT2D eigenvalue weighted by molar-refractivity contribution is 6.39. The van der Waals surface area contributed by atoms with Crippen molar-refractivity contribution in [3.05, 3.63) is 59.2 Å². The van der Waals surface area contributed by atoms with Gasteiger partial charge in [0.1, 0.15) is 5.57 Å². The maximum Gasteiger partial charge on any atom is 0.335 e. The van der Waals surface area contributed by atoms with E-state index in [2.05, 4.69) is 5.32 Å². The molecule has 0 unspecified atom stereocenters. The van der Waals surface area contributed by atoms with Crippen LogP contribution >= 0.6 is 0 Å². The fourth-order valence-corrected chi connectivity index (χ4v) is 2.83. The van der Waals surface area contributed by atoms with Crippen LogP contribution in [-0.4, -0.2) is 24.6 Å². The van der Waals surface area contributed by atoms with Gasteiger partial charge in [-0.15, -0.1) is 0 Å². The van der Waals surface area contributed by atoms with Crippen molar-refractivity contribution in [2.24, 2.45) is 0 Å². The lowest BCUT2D eigenvalue weighted by Gasteiger charge is -2.26. The maximum absolute atomic E-state index is 12.8. The van der Waals surface area contributed by atoms with Crippen LogP contribution in [0.1, 0.15) is 11.1 Å². The van der Waals surface area contributed by atoms with Crippen molar-refractivity contribution in [3.8, 4) is 11.5 Å². The lowest BCUT2D eigenvalue weighted by molar-refractivity contribution is -0.122. The van der Waals surface area contributed by atoms with Crippen LogP contribution < -0.4 is 19.7 Å². The van der Waals surface area contributed by atoms with Crippen LogP contribution in [0.4, 0.5) is 10.5 Å². The predicted octanol–water partition coefficient (Wildman–Crippen LogP) is 2.39. The van der Waals surface area contributed by atoms with Crippen molar-refractivity contribution in [1.29, 1.82) is 0 Å². The summed E-state index contributed by atoms with van der Waals surface area (Å²) in [5.41, 5.74) is 1.74. The summed E-state index contributed by atoms with van der Waals surface area (Å²) in [5.74, 6) is -0.277. The Morgan fingerprint density at radius 1 is 1.04 bits per heavy atom. The highest BCUT2D eigenvalue weighted by atomic mass is 16.7. The van der Waals surface area contributed by atoms with E-state index in [1.165, 1.54) is 6.08 Å². The topological polar surface area (TPSA) is 84.9 Å². The number of fused-ring (bicyclic) bond motifs is 1. The van der Waals surface area contributed by atoms with Gasteiger partial charge in [0.2, 0.25) is 6.79 Å². The molecule has 0 aromatic heterocycles. The summed E-state index contributed by atoms with van der Waals surface area (Å²) in [6.07, 6.45) is 1.43. The quantitative estimate of drug-likeness (QED) is 0.664. The number of hydrogen-bond donors (Lipinski definition) is 1. The number of aryl methyl sites for hydroxylation is 1. The third kappa shape index (κ3) is 2.69. The second-order valence-electron chi connectivity index (χ2n) is 5.91. The summed E-state index contributed by atoms with van der Waals surface area (Å²) in [6.45, 7) is 1.98. The van der Waals surface area contributed by atoms with Gasteiger partial charge >= 0.3 is 6.03 Å². The molecule has 1 N–H and O–H groups in total. The Kier molecular flexibility index (Phi) is 3.69. The zero-order chi connectivity index (χ0) is 18.3. The highest BCUT2D eigenvalue weighted by Gasteiger charge is 2.36. The van der Waals surface area contributed by atoms with Gasteiger partial charge < -0.3 is 9.47 Å². The number of nitrogens with zero attached hydrogens (tertiary/aromatic N) is 1. The van der Waals surface area contributed by atoms with E-state index in [1.54, 1.807) is 36.4 Å². The molecular formula is C19H14N2O5. The smallest absolute Gasteiger partial charge is 0.335 e. The number of benzene rings is 2. The Morgan fingerprint density at radius 3 is 2.65 bits per heavy atom.